The molecule has 0 aromatic heterocycles. The van der Waals surface area contributed by atoms with Crippen LogP contribution in [-0.2, 0) is 9.53 Å². The number of amides is 1. The average molecular weight is 240 g/mol. The summed E-state index contributed by atoms with van der Waals surface area (Å²) in [7, 11) is 0. The van der Waals surface area contributed by atoms with Crippen LogP contribution < -0.4 is 5.32 Å². The van der Waals surface area contributed by atoms with Gasteiger partial charge in [0, 0.05) is 13.1 Å². The van der Waals surface area contributed by atoms with E-state index in [9.17, 15) is 18.0 Å². The number of nitrogens with one attached hydrogen (secondary N) is 1. The molecular weight excluding hydrogens is 225 g/mol. The Morgan fingerprint density at radius 3 is 2.81 bits per heavy atom. The second-order valence-electron chi connectivity index (χ2n) is 3.74. The van der Waals surface area contributed by atoms with E-state index in [-0.39, 0.29) is 18.6 Å². The van der Waals surface area contributed by atoms with Crippen LogP contribution in [-0.4, -0.2) is 55.9 Å². The molecule has 0 spiro atoms. The lowest BCUT2D eigenvalue weighted by Crippen LogP contribution is -2.48. The van der Waals surface area contributed by atoms with Gasteiger partial charge in [-0.2, -0.15) is 13.2 Å². The van der Waals surface area contributed by atoms with E-state index < -0.39 is 12.7 Å². The number of morpholine rings is 1. The number of hydrogen-bond acceptors (Lipinski definition) is 3. The highest BCUT2D eigenvalue weighted by atomic mass is 19.4. The molecule has 94 valence electrons. The van der Waals surface area contributed by atoms with Crippen LogP contribution in [0.4, 0.5) is 13.2 Å². The standard InChI is InChI=1S/C9H15F3N2O2/c1-7-5-14(2-3-16-7)8(15)4-13-6-9(10,11)12/h7,13H,2-6H2,1H3. The summed E-state index contributed by atoms with van der Waals surface area (Å²) in [5.74, 6) is -0.320. The minimum atomic E-state index is -4.28. The summed E-state index contributed by atoms with van der Waals surface area (Å²) in [5, 5.41) is 2.08. The van der Waals surface area contributed by atoms with Crippen LogP contribution >= 0.6 is 0 Å². The Morgan fingerprint density at radius 2 is 2.25 bits per heavy atom. The molecule has 1 aliphatic rings. The van der Waals surface area contributed by atoms with Crippen molar-refractivity contribution < 1.29 is 22.7 Å². The Bertz CT molecular complexity index is 245. The highest BCUT2D eigenvalue weighted by molar-refractivity contribution is 5.78. The largest absolute Gasteiger partial charge is 0.401 e. The van der Waals surface area contributed by atoms with Crippen molar-refractivity contribution in [2.24, 2.45) is 0 Å². The van der Waals surface area contributed by atoms with E-state index in [1.54, 1.807) is 0 Å². The summed E-state index contributed by atoms with van der Waals surface area (Å²) in [6.45, 7) is 1.71. The fraction of sp³-hybridized carbons (Fsp3) is 0.889. The zero-order chi connectivity index (χ0) is 12.2. The zero-order valence-electron chi connectivity index (χ0n) is 9.01. The van der Waals surface area contributed by atoms with E-state index in [1.165, 1.54) is 4.90 Å². The number of ether oxygens (including phenoxy) is 1. The zero-order valence-corrected chi connectivity index (χ0v) is 9.01. The third-order valence-electron chi connectivity index (χ3n) is 2.20. The minimum absolute atomic E-state index is 0.0553. The predicted octanol–water partition coefficient (Wildman–Crippen LogP) is 0.386. The lowest BCUT2D eigenvalue weighted by Gasteiger charge is -2.31. The lowest BCUT2D eigenvalue weighted by molar-refractivity contribution is -0.139. The monoisotopic (exact) mass is 240 g/mol. The fourth-order valence-electron chi connectivity index (χ4n) is 1.47. The first-order valence-corrected chi connectivity index (χ1v) is 5.05. The number of carbonyl (C=O) groups is 1. The van der Waals surface area contributed by atoms with Crippen molar-refractivity contribution in [2.75, 3.05) is 32.8 Å². The molecule has 1 saturated heterocycles. The molecule has 1 fully saturated rings. The van der Waals surface area contributed by atoms with Crippen molar-refractivity contribution in [2.45, 2.75) is 19.2 Å². The van der Waals surface area contributed by atoms with Crippen molar-refractivity contribution in [3.63, 3.8) is 0 Å². The minimum Gasteiger partial charge on any atom is -0.375 e. The second-order valence-corrected chi connectivity index (χ2v) is 3.74. The third-order valence-corrected chi connectivity index (χ3v) is 2.20. The molecule has 7 heteroatoms. The maximum absolute atomic E-state index is 11.8. The summed E-state index contributed by atoms with van der Waals surface area (Å²) < 4.78 is 40.6. The first-order chi connectivity index (χ1) is 7.38. The van der Waals surface area contributed by atoms with Crippen LogP contribution in [0.1, 0.15) is 6.92 Å². The summed E-state index contributed by atoms with van der Waals surface area (Å²) in [4.78, 5) is 13.0. The highest BCUT2D eigenvalue weighted by Crippen LogP contribution is 2.12. The van der Waals surface area contributed by atoms with Gasteiger partial charge in [-0.1, -0.05) is 0 Å². The van der Waals surface area contributed by atoms with Gasteiger partial charge in [-0.3, -0.25) is 4.79 Å². The second kappa shape index (κ2) is 5.49. The quantitative estimate of drug-likeness (QED) is 0.775. The molecule has 1 N–H and O–H groups in total. The van der Waals surface area contributed by atoms with Gasteiger partial charge in [-0.25, -0.2) is 0 Å². The van der Waals surface area contributed by atoms with Crippen LogP contribution in [0.5, 0.6) is 0 Å². The average Bonchev–Trinajstić information content (AvgIpc) is 2.15. The number of rotatable bonds is 3. The molecule has 0 radical (unpaired) electrons. The molecule has 0 bridgehead atoms. The molecule has 0 aliphatic carbocycles. The summed E-state index contributed by atoms with van der Waals surface area (Å²) in [6.07, 6.45) is -4.33. The van der Waals surface area contributed by atoms with Crippen LogP contribution in [0.15, 0.2) is 0 Å². The van der Waals surface area contributed by atoms with Gasteiger partial charge in [-0.05, 0) is 6.92 Å². The third kappa shape index (κ3) is 4.80. The molecule has 0 saturated carbocycles. The van der Waals surface area contributed by atoms with E-state index >= 15 is 0 Å². The normalized spacial score (nSPS) is 22.2. The van der Waals surface area contributed by atoms with Gasteiger partial charge in [0.2, 0.25) is 5.91 Å². The molecule has 1 rings (SSSR count). The number of halogens is 3. The van der Waals surface area contributed by atoms with Gasteiger partial charge in [0.1, 0.15) is 0 Å². The Hall–Kier alpha value is -0.820. The van der Waals surface area contributed by atoms with E-state index in [1.807, 2.05) is 6.92 Å². The molecule has 4 nitrogen and oxygen atoms in total. The number of carbonyl (C=O) groups excluding carboxylic acids is 1. The molecule has 1 amide bonds. The molecule has 16 heavy (non-hydrogen) atoms. The van der Waals surface area contributed by atoms with Crippen molar-refractivity contribution in [3.05, 3.63) is 0 Å². The van der Waals surface area contributed by atoms with Crippen molar-refractivity contribution in [3.8, 4) is 0 Å². The fourth-order valence-corrected chi connectivity index (χ4v) is 1.47. The molecule has 1 heterocycles. The highest BCUT2D eigenvalue weighted by Gasteiger charge is 2.27. The molecule has 1 unspecified atom stereocenters. The van der Waals surface area contributed by atoms with Gasteiger partial charge >= 0.3 is 6.18 Å². The van der Waals surface area contributed by atoms with Crippen LogP contribution in [0.2, 0.25) is 0 Å². The van der Waals surface area contributed by atoms with Gasteiger partial charge in [0.05, 0.1) is 25.8 Å². The Morgan fingerprint density at radius 1 is 1.56 bits per heavy atom. The van der Waals surface area contributed by atoms with Crippen LogP contribution in [0.3, 0.4) is 0 Å². The lowest BCUT2D eigenvalue weighted by atomic mass is 10.3. The predicted molar refractivity (Wildman–Crippen MR) is 50.9 cm³/mol. The van der Waals surface area contributed by atoms with Gasteiger partial charge in [0.25, 0.3) is 0 Å². The van der Waals surface area contributed by atoms with E-state index in [2.05, 4.69) is 5.32 Å². The Balaban J connectivity index is 2.24. The maximum Gasteiger partial charge on any atom is 0.401 e. The van der Waals surface area contributed by atoms with Gasteiger partial charge < -0.3 is 15.0 Å². The van der Waals surface area contributed by atoms with Crippen LogP contribution in [0.25, 0.3) is 0 Å². The Labute approximate surface area is 91.7 Å². The Kier molecular flexibility index (Phi) is 4.55. The van der Waals surface area contributed by atoms with Gasteiger partial charge in [-0.15, -0.1) is 0 Å². The van der Waals surface area contributed by atoms with Crippen LogP contribution in [0, 0.1) is 0 Å². The molecular formula is C9H15F3N2O2. The summed E-state index contributed by atoms with van der Waals surface area (Å²) in [5.41, 5.74) is 0. The molecule has 0 aromatic rings. The number of nitrogens with zero attached hydrogens (tertiary/aromatic N) is 1. The van der Waals surface area contributed by atoms with E-state index in [4.69, 9.17) is 4.74 Å². The van der Waals surface area contributed by atoms with Crippen molar-refractivity contribution >= 4 is 5.91 Å². The molecule has 0 aromatic carbocycles. The van der Waals surface area contributed by atoms with E-state index in [0.29, 0.717) is 19.7 Å². The maximum atomic E-state index is 11.8. The summed E-state index contributed by atoms with van der Waals surface area (Å²) >= 11 is 0. The SMILES string of the molecule is CC1CN(C(=O)CNCC(F)(F)F)CCO1. The smallest absolute Gasteiger partial charge is 0.375 e. The summed E-state index contributed by atoms with van der Waals surface area (Å²) in [6, 6.07) is 0. The first-order valence-electron chi connectivity index (χ1n) is 5.05. The van der Waals surface area contributed by atoms with E-state index in [0.717, 1.165) is 0 Å². The number of hydrogen-bond donors (Lipinski definition) is 1. The van der Waals surface area contributed by atoms with Crippen molar-refractivity contribution in [1.82, 2.24) is 10.2 Å². The number of alkyl halides is 3. The van der Waals surface area contributed by atoms with Gasteiger partial charge in [0.15, 0.2) is 0 Å². The molecule has 1 atom stereocenters. The molecule has 1 aliphatic heterocycles. The topological polar surface area (TPSA) is 41.6 Å². The first kappa shape index (κ1) is 13.2. The van der Waals surface area contributed by atoms with Crippen molar-refractivity contribution in [1.29, 1.82) is 0 Å².